The number of rotatable bonds is 5. The maximum Gasteiger partial charge on any atom is 0.303 e. The van der Waals surface area contributed by atoms with Gasteiger partial charge in [-0.05, 0) is 30.5 Å². The number of nitrogens with one attached hydrogen (secondary N) is 1. The lowest BCUT2D eigenvalue weighted by Crippen LogP contribution is -2.50. The van der Waals surface area contributed by atoms with E-state index in [9.17, 15) is 4.79 Å². The fraction of sp³-hybridized carbons (Fsp3) is 0.533. The molecule has 104 valence electrons. The first-order valence-corrected chi connectivity index (χ1v) is 6.98. The van der Waals surface area contributed by atoms with Gasteiger partial charge in [0.05, 0.1) is 0 Å². The van der Waals surface area contributed by atoms with Crippen LogP contribution in [0.2, 0.25) is 0 Å². The molecule has 1 aliphatic heterocycles. The molecular formula is C15H22N2O2. The number of anilines is 1. The van der Waals surface area contributed by atoms with E-state index < -0.39 is 5.97 Å². The number of piperazine rings is 1. The van der Waals surface area contributed by atoms with Gasteiger partial charge in [0.1, 0.15) is 0 Å². The Hall–Kier alpha value is -1.55. The zero-order chi connectivity index (χ0) is 13.7. The molecule has 0 aliphatic carbocycles. The first kappa shape index (κ1) is 13.9. The van der Waals surface area contributed by atoms with E-state index in [1.165, 1.54) is 11.3 Å². The lowest BCUT2D eigenvalue weighted by atomic mass is 10.1. The second-order valence-corrected chi connectivity index (χ2v) is 5.05. The highest BCUT2D eigenvalue weighted by Crippen LogP contribution is 2.18. The SMILES string of the molecule is CCc1ccc(N2CCNC(CCC(=O)O)C2)cc1. The van der Waals surface area contributed by atoms with Crippen molar-refractivity contribution >= 4 is 11.7 Å². The summed E-state index contributed by atoms with van der Waals surface area (Å²) in [6.45, 7) is 4.94. The molecule has 19 heavy (non-hydrogen) atoms. The quantitative estimate of drug-likeness (QED) is 0.851. The summed E-state index contributed by atoms with van der Waals surface area (Å²) >= 11 is 0. The fourth-order valence-electron chi connectivity index (χ4n) is 2.49. The van der Waals surface area contributed by atoms with Gasteiger partial charge < -0.3 is 15.3 Å². The Kier molecular flexibility index (Phi) is 4.80. The molecule has 0 saturated carbocycles. The standard InChI is InChI=1S/C15H22N2O2/c1-2-12-3-6-14(7-4-12)17-10-9-16-13(11-17)5-8-15(18)19/h3-4,6-7,13,16H,2,5,8-11H2,1H3,(H,18,19). The van der Waals surface area contributed by atoms with Gasteiger partial charge in [-0.15, -0.1) is 0 Å². The Morgan fingerprint density at radius 2 is 2.16 bits per heavy atom. The Morgan fingerprint density at radius 1 is 1.42 bits per heavy atom. The Labute approximate surface area is 114 Å². The summed E-state index contributed by atoms with van der Waals surface area (Å²) in [6.07, 6.45) is 1.99. The average Bonchev–Trinajstić information content (AvgIpc) is 2.45. The van der Waals surface area contributed by atoms with Gasteiger partial charge in [0.15, 0.2) is 0 Å². The van der Waals surface area contributed by atoms with Gasteiger partial charge in [-0.1, -0.05) is 19.1 Å². The van der Waals surface area contributed by atoms with E-state index in [0.717, 1.165) is 26.1 Å². The molecule has 1 unspecified atom stereocenters. The third kappa shape index (κ3) is 3.96. The van der Waals surface area contributed by atoms with Crippen molar-refractivity contribution in [3.05, 3.63) is 29.8 Å². The van der Waals surface area contributed by atoms with Crippen molar-refractivity contribution in [3.63, 3.8) is 0 Å². The van der Waals surface area contributed by atoms with E-state index in [2.05, 4.69) is 41.4 Å². The molecule has 2 N–H and O–H groups in total. The number of carbonyl (C=O) groups is 1. The van der Waals surface area contributed by atoms with Crippen LogP contribution in [0.5, 0.6) is 0 Å². The summed E-state index contributed by atoms with van der Waals surface area (Å²) in [5.74, 6) is -0.716. The Bertz CT molecular complexity index is 417. The first-order valence-electron chi connectivity index (χ1n) is 6.98. The number of carboxylic acid groups (broad SMARTS) is 1. The minimum atomic E-state index is -0.716. The molecule has 2 rings (SSSR count). The normalized spacial score (nSPS) is 19.4. The molecule has 1 atom stereocenters. The summed E-state index contributed by atoms with van der Waals surface area (Å²) in [6, 6.07) is 8.94. The molecule has 4 nitrogen and oxygen atoms in total. The highest BCUT2D eigenvalue weighted by molar-refractivity contribution is 5.66. The molecule has 0 amide bonds. The van der Waals surface area contributed by atoms with Crippen molar-refractivity contribution in [1.82, 2.24) is 5.32 Å². The average molecular weight is 262 g/mol. The van der Waals surface area contributed by atoms with Gasteiger partial charge >= 0.3 is 5.97 Å². The number of nitrogens with zero attached hydrogens (tertiary/aromatic N) is 1. The van der Waals surface area contributed by atoms with Crippen molar-refractivity contribution in [1.29, 1.82) is 0 Å². The third-order valence-electron chi connectivity index (χ3n) is 3.67. The van der Waals surface area contributed by atoms with E-state index >= 15 is 0 Å². The zero-order valence-corrected chi connectivity index (χ0v) is 11.4. The molecule has 0 radical (unpaired) electrons. The van der Waals surface area contributed by atoms with Crippen molar-refractivity contribution in [2.24, 2.45) is 0 Å². The van der Waals surface area contributed by atoms with E-state index in [1.807, 2.05) is 0 Å². The van der Waals surface area contributed by atoms with Crippen LogP contribution >= 0.6 is 0 Å². The van der Waals surface area contributed by atoms with Crippen LogP contribution < -0.4 is 10.2 Å². The molecule has 0 aromatic heterocycles. The molecule has 4 heteroatoms. The third-order valence-corrected chi connectivity index (χ3v) is 3.67. The lowest BCUT2D eigenvalue weighted by molar-refractivity contribution is -0.137. The van der Waals surface area contributed by atoms with Crippen molar-refractivity contribution in [2.45, 2.75) is 32.2 Å². The summed E-state index contributed by atoms with van der Waals surface area (Å²) in [5, 5.41) is 12.1. The van der Waals surface area contributed by atoms with Crippen molar-refractivity contribution in [3.8, 4) is 0 Å². The lowest BCUT2D eigenvalue weighted by Gasteiger charge is -2.35. The number of aliphatic carboxylic acids is 1. The van der Waals surface area contributed by atoms with Crippen LogP contribution in [0.3, 0.4) is 0 Å². The van der Waals surface area contributed by atoms with Crippen molar-refractivity contribution < 1.29 is 9.90 Å². The van der Waals surface area contributed by atoms with Crippen LogP contribution in [0.15, 0.2) is 24.3 Å². The Morgan fingerprint density at radius 3 is 2.79 bits per heavy atom. The Balaban J connectivity index is 1.94. The van der Waals surface area contributed by atoms with Crippen LogP contribution in [-0.2, 0) is 11.2 Å². The van der Waals surface area contributed by atoms with Crippen LogP contribution in [0.25, 0.3) is 0 Å². The number of aryl methyl sites for hydroxylation is 1. The number of hydrogen-bond donors (Lipinski definition) is 2. The smallest absolute Gasteiger partial charge is 0.303 e. The fourth-order valence-corrected chi connectivity index (χ4v) is 2.49. The van der Waals surface area contributed by atoms with Crippen LogP contribution in [-0.4, -0.2) is 36.8 Å². The molecule has 1 saturated heterocycles. The predicted molar refractivity (Wildman–Crippen MR) is 76.7 cm³/mol. The molecule has 1 heterocycles. The molecule has 1 aromatic carbocycles. The summed E-state index contributed by atoms with van der Waals surface area (Å²) in [4.78, 5) is 13.0. The van der Waals surface area contributed by atoms with Crippen LogP contribution in [0, 0.1) is 0 Å². The highest BCUT2D eigenvalue weighted by atomic mass is 16.4. The number of hydrogen-bond acceptors (Lipinski definition) is 3. The van der Waals surface area contributed by atoms with E-state index in [4.69, 9.17) is 5.11 Å². The van der Waals surface area contributed by atoms with Gasteiger partial charge in [0, 0.05) is 37.8 Å². The first-order chi connectivity index (χ1) is 9.19. The molecule has 1 fully saturated rings. The number of carboxylic acids is 1. The van der Waals surface area contributed by atoms with Gasteiger partial charge in [-0.25, -0.2) is 0 Å². The molecular weight excluding hydrogens is 240 g/mol. The van der Waals surface area contributed by atoms with E-state index in [1.54, 1.807) is 0 Å². The monoisotopic (exact) mass is 262 g/mol. The summed E-state index contributed by atoms with van der Waals surface area (Å²) < 4.78 is 0. The van der Waals surface area contributed by atoms with Crippen LogP contribution in [0.1, 0.15) is 25.3 Å². The molecule has 0 spiro atoms. The maximum atomic E-state index is 10.6. The largest absolute Gasteiger partial charge is 0.481 e. The van der Waals surface area contributed by atoms with E-state index in [0.29, 0.717) is 6.42 Å². The van der Waals surface area contributed by atoms with Gasteiger partial charge in [0.2, 0.25) is 0 Å². The molecule has 1 aliphatic rings. The minimum absolute atomic E-state index is 0.236. The van der Waals surface area contributed by atoms with Crippen molar-refractivity contribution in [2.75, 3.05) is 24.5 Å². The minimum Gasteiger partial charge on any atom is -0.481 e. The molecule has 1 aromatic rings. The van der Waals surface area contributed by atoms with Crippen LogP contribution in [0.4, 0.5) is 5.69 Å². The number of benzene rings is 1. The van der Waals surface area contributed by atoms with Gasteiger partial charge in [0.25, 0.3) is 0 Å². The van der Waals surface area contributed by atoms with Gasteiger partial charge in [-0.3, -0.25) is 4.79 Å². The topological polar surface area (TPSA) is 52.6 Å². The van der Waals surface area contributed by atoms with E-state index in [-0.39, 0.29) is 12.5 Å². The highest BCUT2D eigenvalue weighted by Gasteiger charge is 2.19. The second kappa shape index (κ2) is 6.57. The summed E-state index contributed by atoms with van der Waals surface area (Å²) in [5.41, 5.74) is 2.58. The zero-order valence-electron chi connectivity index (χ0n) is 11.4. The second-order valence-electron chi connectivity index (χ2n) is 5.05. The molecule has 0 bridgehead atoms. The van der Waals surface area contributed by atoms with Gasteiger partial charge in [-0.2, -0.15) is 0 Å². The summed E-state index contributed by atoms with van der Waals surface area (Å²) in [7, 11) is 0. The predicted octanol–water partition coefficient (Wildman–Crippen LogP) is 1.89. The maximum absolute atomic E-state index is 10.6.